The fourth-order valence-electron chi connectivity index (χ4n) is 2.21. The molecule has 0 atom stereocenters. The minimum atomic E-state index is 0.986. The molecule has 0 saturated heterocycles. The van der Waals surface area contributed by atoms with E-state index in [1.807, 2.05) is 18.2 Å². The number of benzene rings is 1. The van der Waals surface area contributed by atoms with E-state index >= 15 is 0 Å². The van der Waals surface area contributed by atoms with Crippen molar-refractivity contribution in [2.75, 3.05) is 5.75 Å². The van der Waals surface area contributed by atoms with Gasteiger partial charge in [0.25, 0.3) is 0 Å². The van der Waals surface area contributed by atoms with Crippen LogP contribution in [0.25, 0.3) is 11.0 Å². The van der Waals surface area contributed by atoms with Gasteiger partial charge in [0.1, 0.15) is 11.3 Å². The van der Waals surface area contributed by atoms with Gasteiger partial charge in [-0.25, -0.2) is 0 Å². The molecule has 19 heavy (non-hydrogen) atoms. The van der Waals surface area contributed by atoms with Crippen LogP contribution in [0.1, 0.15) is 25.0 Å². The van der Waals surface area contributed by atoms with Crippen LogP contribution in [0.3, 0.4) is 0 Å². The summed E-state index contributed by atoms with van der Waals surface area (Å²) in [6.45, 7) is 0. The molecule has 2 aromatic rings. The average molecular weight is 272 g/mol. The van der Waals surface area contributed by atoms with Crippen molar-refractivity contribution in [2.45, 2.75) is 25.7 Å². The topological polar surface area (TPSA) is 37.9 Å². The zero-order chi connectivity index (χ0) is 12.9. The number of thioether (sulfide) groups is 1. The summed E-state index contributed by atoms with van der Waals surface area (Å²) in [5.74, 6) is 2.08. The molecule has 4 heteroatoms. The lowest BCUT2D eigenvalue weighted by Crippen LogP contribution is -2.04. The highest BCUT2D eigenvalue weighted by Gasteiger charge is 2.05. The summed E-state index contributed by atoms with van der Waals surface area (Å²) < 4.78 is 5.80. The molecule has 0 bridgehead atoms. The van der Waals surface area contributed by atoms with Crippen LogP contribution >= 0.6 is 11.8 Å². The molecule has 0 fully saturated rings. The smallest absolute Gasteiger partial charge is 0.134 e. The van der Waals surface area contributed by atoms with Gasteiger partial charge in [0.05, 0.1) is 11.3 Å². The SMILES string of the molecule is C1=NN=C(CCCCc2cc3ccccc3o2)CS1. The van der Waals surface area contributed by atoms with Crippen molar-refractivity contribution < 1.29 is 4.42 Å². The Balaban J connectivity index is 1.49. The van der Waals surface area contributed by atoms with E-state index in [1.54, 1.807) is 17.3 Å². The highest BCUT2D eigenvalue weighted by Crippen LogP contribution is 2.20. The molecule has 1 aliphatic rings. The van der Waals surface area contributed by atoms with Crippen LogP contribution < -0.4 is 0 Å². The molecule has 2 heterocycles. The number of unbranched alkanes of at least 4 members (excludes halogenated alkanes) is 1. The number of hydrogen-bond donors (Lipinski definition) is 0. The number of para-hydroxylation sites is 1. The van der Waals surface area contributed by atoms with Gasteiger partial charge < -0.3 is 4.42 Å². The van der Waals surface area contributed by atoms with Crippen LogP contribution in [-0.4, -0.2) is 17.0 Å². The van der Waals surface area contributed by atoms with Gasteiger partial charge in [-0.2, -0.15) is 10.2 Å². The Morgan fingerprint density at radius 3 is 2.89 bits per heavy atom. The van der Waals surface area contributed by atoms with Crippen LogP contribution in [0, 0.1) is 0 Å². The van der Waals surface area contributed by atoms with Gasteiger partial charge in [-0.15, -0.1) is 11.8 Å². The van der Waals surface area contributed by atoms with Crippen molar-refractivity contribution in [3.63, 3.8) is 0 Å². The predicted molar refractivity (Wildman–Crippen MR) is 82.2 cm³/mol. The molecule has 0 N–H and O–H groups in total. The monoisotopic (exact) mass is 272 g/mol. The van der Waals surface area contributed by atoms with E-state index in [1.165, 1.54) is 11.1 Å². The number of rotatable bonds is 5. The lowest BCUT2D eigenvalue weighted by molar-refractivity contribution is 0.534. The molecule has 0 amide bonds. The van der Waals surface area contributed by atoms with Gasteiger partial charge in [0.2, 0.25) is 0 Å². The number of nitrogens with zero attached hydrogens (tertiary/aromatic N) is 2. The second-order valence-corrected chi connectivity index (χ2v) is 5.49. The van der Waals surface area contributed by atoms with E-state index in [4.69, 9.17) is 4.42 Å². The number of furan rings is 1. The molecular formula is C15H16N2OS. The van der Waals surface area contributed by atoms with Crippen molar-refractivity contribution in [1.29, 1.82) is 0 Å². The predicted octanol–water partition coefficient (Wildman–Crippen LogP) is 4.28. The van der Waals surface area contributed by atoms with Crippen molar-refractivity contribution in [3.05, 3.63) is 36.1 Å². The average Bonchev–Trinajstić information content (AvgIpc) is 2.87. The van der Waals surface area contributed by atoms with Gasteiger partial charge in [-0.05, 0) is 31.4 Å². The maximum atomic E-state index is 5.80. The maximum absolute atomic E-state index is 5.80. The lowest BCUT2D eigenvalue weighted by Gasteiger charge is -2.05. The standard InChI is InChI=1S/C15H16N2OS/c1-4-8-15-12(5-1)9-14(18-15)7-3-2-6-13-10-19-11-16-17-13/h1,4-5,8-9,11H,2-3,6-7,10H2. The second kappa shape index (κ2) is 6.06. The van der Waals surface area contributed by atoms with E-state index in [9.17, 15) is 0 Å². The number of hydrogen-bond acceptors (Lipinski definition) is 4. The van der Waals surface area contributed by atoms with Crippen molar-refractivity contribution in [1.82, 2.24) is 0 Å². The molecule has 98 valence electrons. The summed E-state index contributed by atoms with van der Waals surface area (Å²) in [6, 6.07) is 10.3. The minimum absolute atomic E-state index is 0.986. The molecule has 1 aromatic carbocycles. The Hall–Kier alpha value is -1.55. The summed E-state index contributed by atoms with van der Waals surface area (Å²) in [5, 5.41) is 9.28. The van der Waals surface area contributed by atoms with Crippen molar-refractivity contribution >= 4 is 34.0 Å². The highest BCUT2D eigenvalue weighted by atomic mass is 32.2. The zero-order valence-corrected chi connectivity index (χ0v) is 11.5. The first-order valence-electron chi connectivity index (χ1n) is 6.58. The number of fused-ring (bicyclic) bond motifs is 1. The van der Waals surface area contributed by atoms with E-state index in [-0.39, 0.29) is 0 Å². The normalized spacial score (nSPS) is 14.8. The number of aryl methyl sites for hydroxylation is 1. The Morgan fingerprint density at radius 2 is 2.05 bits per heavy atom. The molecule has 1 aliphatic heterocycles. The van der Waals surface area contributed by atoms with Crippen LogP contribution in [0.15, 0.2) is 45.0 Å². The Bertz CT molecular complexity index is 582. The van der Waals surface area contributed by atoms with E-state index in [2.05, 4.69) is 22.3 Å². The van der Waals surface area contributed by atoms with E-state index < -0.39 is 0 Å². The van der Waals surface area contributed by atoms with Crippen LogP contribution in [-0.2, 0) is 6.42 Å². The first-order valence-corrected chi connectivity index (χ1v) is 7.63. The quantitative estimate of drug-likeness (QED) is 0.762. The Kier molecular flexibility index (Phi) is 3.98. The van der Waals surface area contributed by atoms with Gasteiger partial charge >= 0.3 is 0 Å². The summed E-state index contributed by atoms with van der Waals surface area (Å²) in [6.07, 6.45) is 4.32. The Morgan fingerprint density at radius 1 is 1.16 bits per heavy atom. The highest BCUT2D eigenvalue weighted by molar-refractivity contribution is 8.12. The van der Waals surface area contributed by atoms with Crippen LogP contribution in [0.4, 0.5) is 0 Å². The third-order valence-electron chi connectivity index (χ3n) is 3.19. The van der Waals surface area contributed by atoms with E-state index in [0.717, 1.165) is 42.8 Å². The van der Waals surface area contributed by atoms with Crippen LogP contribution in [0.5, 0.6) is 0 Å². The Labute approximate surface area is 116 Å². The molecule has 1 aromatic heterocycles. The van der Waals surface area contributed by atoms with Crippen molar-refractivity contribution in [2.24, 2.45) is 10.2 Å². The van der Waals surface area contributed by atoms with Crippen molar-refractivity contribution in [3.8, 4) is 0 Å². The van der Waals surface area contributed by atoms with Crippen LogP contribution in [0.2, 0.25) is 0 Å². The molecule has 0 saturated carbocycles. The third kappa shape index (κ3) is 3.26. The fourth-order valence-corrected chi connectivity index (χ4v) is 2.79. The first-order chi connectivity index (χ1) is 9.42. The third-order valence-corrected chi connectivity index (χ3v) is 3.93. The molecule has 0 aliphatic carbocycles. The molecule has 0 spiro atoms. The maximum Gasteiger partial charge on any atom is 0.134 e. The van der Waals surface area contributed by atoms with Gasteiger partial charge in [-0.1, -0.05) is 18.2 Å². The summed E-state index contributed by atoms with van der Waals surface area (Å²) >= 11 is 1.72. The lowest BCUT2D eigenvalue weighted by atomic mass is 10.1. The minimum Gasteiger partial charge on any atom is -0.461 e. The molecule has 3 rings (SSSR count). The summed E-state index contributed by atoms with van der Waals surface area (Å²) in [5.41, 5.74) is 4.00. The summed E-state index contributed by atoms with van der Waals surface area (Å²) in [4.78, 5) is 0. The largest absolute Gasteiger partial charge is 0.461 e. The zero-order valence-electron chi connectivity index (χ0n) is 10.7. The fraction of sp³-hybridized carbons (Fsp3) is 0.333. The van der Waals surface area contributed by atoms with E-state index in [0.29, 0.717) is 0 Å². The first kappa shape index (κ1) is 12.5. The summed E-state index contributed by atoms with van der Waals surface area (Å²) in [7, 11) is 0. The second-order valence-electron chi connectivity index (χ2n) is 4.66. The molecule has 0 unspecified atom stereocenters. The van der Waals surface area contributed by atoms with Gasteiger partial charge in [0, 0.05) is 17.6 Å². The van der Waals surface area contributed by atoms with Gasteiger partial charge in [0.15, 0.2) is 0 Å². The van der Waals surface area contributed by atoms with Gasteiger partial charge in [-0.3, -0.25) is 0 Å². The molecular weight excluding hydrogens is 256 g/mol. The molecule has 0 radical (unpaired) electrons. The molecule has 3 nitrogen and oxygen atoms in total.